The second kappa shape index (κ2) is 4.01. The molecule has 0 aromatic heterocycles. The normalized spacial score (nSPS) is 21.5. The van der Waals surface area contributed by atoms with Gasteiger partial charge in [0.15, 0.2) is 0 Å². The number of oxime groups is 1. The van der Waals surface area contributed by atoms with E-state index in [9.17, 15) is 0 Å². The first-order valence-electron chi connectivity index (χ1n) is 3.91. The highest BCUT2D eigenvalue weighted by atomic mass is 16.5. The molecule has 0 heterocycles. The molecule has 3 nitrogen and oxygen atoms in total. The van der Waals surface area contributed by atoms with Crippen LogP contribution in [-0.2, 0) is 4.74 Å². The van der Waals surface area contributed by atoms with Gasteiger partial charge in [0.05, 0.1) is 18.1 Å². The molecule has 0 spiro atoms. The van der Waals surface area contributed by atoms with Gasteiger partial charge in [-0.25, -0.2) is 0 Å². The zero-order valence-corrected chi connectivity index (χ0v) is 6.71. The third-order valence-electron chi connectivity index (χ3n) is 1.64. The summed E-state index contributed by atoms with van der Waals surface area (Å²) in [6.45, 7) is 2.63. The molecule has 0 saturated heterocycles. The van der Waals surface area contributed by atoms with Gasteiger partial charge in [-0.3, -0.25) is 0 Å². The van der Waals surface area contributed by atoms with Crippen molar-refractivity contribution in [2.45, 2.75) is 26.2 Å². The minimum atomic E-state index is 0.685. The van der Waals surface area contributed by atoms with E-state index in [4.69, 9.17) is 9.94 Å². The van der Waals surface area contributed by atoms with E-state index in [1.807, 2.05) is 13.0 Å². The van der Waals surface area contributed by atoms with Gasteiger partial charge in [-0.2, -0.15) is 0 Å². The standard InChI is InChI=1S/C8H13NO2/c1-2-11-8-5-3-4-7(6-8)9-10/h6,10H,2-5H2,1H3/b9-7+. The third-order valence-corrected chi connectivity index (χ3v) is 1.64. The lowest BCUT2D eigenvalue weighted by atomic mass is 10.0. The lowest BCUT2D eigenvalue weighted by Gasteiger charge is -2.13. The summed E-state index contributed by atoms with van der Waals surface area (Å²) in [4.78, 5) is 0. The predicted molar refractivity (Wildman–Crippen MR) is 42.8 cm³/mol. The van der Waals surface area contributed by atoms with Crippen LogP contribution in [0, 0.1) is 0 Å². The molecule has 1 aliphatic rings. The summed E-state index contributed by atoms with van der Waals surface area (Å²) >= 11 is 0. The minimum Gasteiger partial charge on any atom is -0.498 e. The second-order valence-electron chi connectivity index (χ2n) is 2.49. The summed E-state index contributed by atoms with van der Waals surface area (Å²) in [5, 5.41) is 11.6. The highest BCUT2D eigenvalue weighted by molar-refractivity contribution is 5.95. The summed E-state index contributed by atoms with van der Waals surface area (Å²) in [6.07, 6.45) is 4.65. The van der Waals surface area contributed by atoms with Crippen LogP contribution in [0.2, 0.25) is 0 Å². The van der Waals surface area contributed by atoms with Crippen molar-refractivity contribution in [1.29, 1.82) is 0 Å². The molecule has 0 aromatic rings. The number of rotatable bonds is 2. The number of hydrogen-bond acceptors (Lipinski definition) is 3. The maximum atomic E-state index is 8.46. The second-order valence-corrected chi connectivity index (χ2v) is 2.49. The van der Waals surface area contributed by atoms with Gasteiger partial charge in [0, 0.05) is 12.5 Å². The van der Waals surface area contributed by atoms with E-state index in [1.165, 1.54) is 0 Å². The lowest BCUT2D eigenvalue weighted by molar-refractivity contribution is 0.215. The first-order chi connectivity index (χ1) is 5.36. The van der Waals surface area contributed by atoms with E-state index < -0.39 is 0 Å². The van der Waals surface area contributed by atoms with E-state index >= 15 is 0 Å². The van der Waals surface area contributed by atoms with Crippen molar-refractivity contribution in [1.82, 2.24) is 0 Å². The van der Waals surface area contributed by atoms with Gasteiger partial charge in [-0.1, -0.05) is 5.16 Å². The maximum absolute atomic E-state index is 8.46. The average molecular weight is 155 g/mol. The van der Waals surface area contributed by atoms with Gasteiger partial charge < -0.3 is 9.94 Å². The van der Waals surface area contributed by atoms with E-state index in [2.05, 4.69) is 5.16 Å². The fraction of sp³-hybridized carbons (Fsp3) is 0.625. The monoisotopic (exact) mass is 155 g/mol. The van der Waals surface area contributed by atoms with Crippen LogP contribution in [0.1, 0.15) is 26.2 Å². The number of allylic oxidation sites excluding steroid dienone is 2. The highest BCUT2D eigenvalue weighted by Gasteiger charge is 2.08. The number of hydrogen-bond donors (Lipinski definition) is 1. The Bertz CT molecular complexity index is 185. The highest BCUT2D eigenvalue weighted by Crippen LogP contribution is 2.16. The molecule has 0 atom stereocenters. The molecular formula is C8H13NO2. The minimum absolute atomic E-state index is 0.685. The van der Waals surface area contributed by atoms with Crippen LogP contribution in [0.4, 0.5) is 0 Å². The van der Waals surface area contributed by atoms with Gasteiger partial charge in [0.25, 0.3) is 0 Å². The van der Waals surface area contributed by atoms with Crippen molar-refractivity contribution in [3.8, 4) is 0 Å². The lowest BCUT2D eigenvalue weighted by Crippen LogP contribution is -2.05. The summed E-state index contributed by atoms with van der Waals surface area (Å²) in [7, 11) is 0. The molecule has 1 N–H and O–H groups in total. The molecule has 0 radical (unpaired) electrons. The van der Waals surface area contributed by atoms with Gasteiger partial charge in [0.2, 0.25) is 0 Å². The summed E-state index contributed by atoms with van der Waals surface area (Å²) < 4.78 is 5.28. The van der Waals surface area contributed by atoms with Crippen molar-refractivity contribution in [3.63, 3.8) is 0 Å². The van der Waals surface area contributed by atoms with Gasteiger partial charge in [-0.15, -0.1) is 0 Å². The topological polar surface area (TPSA) is 41.8 Å². The Morgan fingerprint density at radius 3 is 3.09 bits per heavy atom. The van der Waals surface area contributed by atoms with E-state index in [0.29, 0.717) is 6.61 Å². The first kappa shape index (κ1) is 8.11. The van der Waals surface area contributed by atoms with E-state index in [-0.39, 0.29) is 0 Å². The van der Waals surface area contributed by atoms with Crippen LogP contribution < -0.4 is 0 Å². The van der Waals surface area contributed by atoms with Crippen LogP contribution in [0.3, 0.4) is 0 Å². The molecule has 11 heavy (non-hydrogen) atoms. The fourth-order valence-electron chi connectivity index (χ4n) is 1.15. The van der Waals surface area contributed by atoms with Crippen molar-refractivity contribution >= 4 is 5.71 Å². The Balaban J connectivity index is 2.57. The summed E-state index contributed by atoms with van der Waals surface area (Å²) in [6, 6.07) is 0. The zero-order chi connectivity index (χ0) is 8.10. The average Bonchev–Trinajstić information content (AvgIpc) is 2.06. The first-order valence-corrected chi connectivity index (χ1v) is 3.91. The van der Waals surface area contributed by atoms with Crippen LogP contribution in [0.5, 0.6) is 0 Å². The van der Waals surface area contributed by atoms with Gasteiger partial charge >= 0.3 is 0 Å². The van der Waals surface area contributed by atoms with Crippen molar-refractivity contribution < 1.29 is 9.94 Å². The molecule has 0 aliphatic heterocycles. The molecule has 0 bridgehead atoms. The fourth-order valence-corrected chi connectivity index (χ4v) is 1.15. The Kier molecular flexibility index (Phi) is 2.95. The van der Waals surface area contributed by atoms with E-state index in [0.717, 1.165) is 30.7 Å². The third kappa shape index (κ3) is 2.26. The van der Waals surface area contributed by atoms with Crippen LogP contribution in [-0.4, -0.2) is 17.5 Å². The SMILES string of the molecule is CCOC1=C/C(=N/O)CCC1. The molecule has 62 valence electrons. The Labute approximate surface area is 66.4 Å². The Hall–Kier alpha value is -0.990. The van der Waals surface area contributed by atoms with Gasteiger partial charge in [0.1, 0.15) is 0 Å². The molecule has 0 unspecified atom stereocenters. The smallest absolute Gasteiger partial charge is 0.0979 e. The molecule has 0 aromatic carbocycles. The van der Waals surface area contributed by atoms with E-state index in [1.54, 1.807) is 0 Å². The summed E-state index contributed by atoms with van der Waals surface area (Å²) in [5.41, 5.74) is 0.722. The van der Waals surface area contributed by atoms with Crippen LogP contribution >= 0.6 is 0 Å². The summed E-state index contributed by atoms with van der Waals surface area (Å²) in [5.74, 6) is 0.937. The van der Waals surface area contributed by atoms with Crippen LogP contribution in [0.25, 0.3) is 0 Å². The van der Waals surface area contributed by atoms with Crippen molar-refractivity contribution in [2.24, 2.45) is 5.16 Å². The van der Waals surface area contributed by atoms with Crippen molar-refractivity contribution in [2.75, 3.05) is 6.61 Å². The largest absolute Gasteiger partial charge is 0.498 e. The predicted octanol–water partition coefficient (Wildman–Crippen LogP) is 1.92. The Morgan fingerprint density at radius 2 is 2.45 bits per heavy atom. The zero-order valence-electron chi connectivity index (χ0n) is 6.71. The van der Waals surface area contributed by atoms with Gasteiger partial charge in [-0.05, 0) is 19.8 Å². The van der Waals surface area contributed by atoms with Crippen LogP contribution in [0.15, 0.2) is 17.0 Å². The number of nitrogens with zero attached hydrogens (tertiary/aromatic N) is 1. The molecule has 1 aliphatic carbocycles. The molecule has 1 rings (SSSR count). The molecule has 0 saturated carbocycles. The molecule has 3 heteroatoms. The molecule has 0 fully saturated rings. The van der Waals surface area contributed by atoms with Crippen molar-refractivity contribution in [3.05, 3.63) is 11.8 Å². The quantitative estimate of drug-likeness (QED) is 0.489. The maximum Gasteiger partial charge on any atom is 0.0979 e. The number of ether oxygens (including phenoxy) is 1. The molecular weight excluding hydrogens is 142 g/mol. The Morgan fingerprint density at radius 1 is 1.64 bits per heavy atom. The molecule has 0 amide bonds.